The van der Waals surface area contributed by atoms with E-state index in [4.69, 9.17) is 5.73 Å². The van der Waals surface area contributed by atoms with Crippen LogP contribution in [0.3, 0.4) is 0 Å². The second kappa shape index (κ2) is 9.53. The highest BCUT2D eigenvalue weighted by atomic mass is 35.5. The van der Waals surface area contributed by atoms with Crippen molar-refractivity contribution in [1.29, 1.82) is 0 Å². The van der Waals surface area contributed by atoms with Gasteiger partial charge in [-0.2, -0.15) is 0 Å². The van der Waals surface area contributed by atoms with Gasteiger partial charge in [-0.25, -0.2) is 0 Å². The van der Waals surface area contributed by atoms with E-state index in [0.29, 0.717) is 38.2 Å². The van der Waals surface area contributed by atoms with E-state index in [2.05, 4.69) is 0 Å². The Morgan fingerprint density at radius 2 is 1.70 bits per heavy atom. The summed E-state index contributed by atoms with van der Waals surface area (Å²) in [6, 6.07) is 8.87. The molecule has 5 nitrogen and oxygen atoms in total. The number of nitrogens with zero attached hydrogens (tertiary/aromatic N) is 2. The van der Waals surface area contributed by atoms with Crippen molar-refractivity contribution in [1.82, 2.24) is 9.80 Å². The van der Waals surface area contributed by atoms with Gasteiger partial charge in [-0.3, -0.25) is 9.59 Å². The molecule has 0 saturated carbocycles. The van der Waals surface area contributed by atoms with Crippen LogP contribution in [0.1, 0.15) is 36.5 Å². The summed E-state index contributed by atoms with van der Waals surface area (Å²) in [6.45, 7) is 4.51. The number of rotatable bonds is 4. The van der Waals surface area contributed by atoms with Crippen molar-refractivity contribution in [3.05, 3.63) is 35.9 Å². The van der Waals surface area contributed by atoms with Crippen molar-refractivity contribution in [3.8, 4) is 0 Å². The maximum Gasteiger partial charge on any atom is 0.253 e. The lowest BCUT2D eigenvalue weighted by molar-refractivity contribution is -0.132. The maximum absolute atomic E-state index is 12.5. The van der Waals surface area contributed by atoms with Crippen LogP contribution in [0.4, 0.5) is 0 Å². The molecule has 1 aliphatic rings. The standard InChI is InChI=1S/C17H25N3O2.ClH/c1-2-7-15(18)17(22)20-11-6-10-19(12-13-20)16(21)14-8-4-3-5-9-14;/h3-5,8-9,15H,2,6-7,10-13,18H2,1H3;1H. The van der Waals surface area contributed by atoms with Crippen molar-refractivity contribution in [3.63, 3.8) is 0 Å². The maximum atomic E-state index is 12.5. The minimum absolute atomic E-state index is 0. The Hall–Kier alpha value is -1.59. The third-order valence-electron chi connectivity index (χ3n) is 4.03. The van der Waals surface area contributed by atoms with Crippen molar-refractivity contribution in [2.75, 3.05) is 26.2 Å². The highest BCUT2D eigenvalue weighted by Crippen LogP contribution is 2.10. The molecule has 0 bridgehead atoms. The number of benzene rings is 1. The van der Waals surface area contributed by atoms with Crippen molar-refractivity contribution in [2.24, 2.45) is 5.73 Å². The normalized spacial score (nSPS) is 16.3. The summed E-state index contributed by atoms with van der Waals surface area (Å²) in [5.41, 5.74) is 6.62. The minimum Gasteiger partial charge on any atom is -0.340 e. The van der Waals surface area contributed by atoms with E-state index in [0.717, 1.165) is 12.8 Å². The van der Waals surface area contributed by atoms with Crippen LogP contribution < -0.4 is 5.73 Å². The first kappa shape index (κ1) is 19.5. The lowest BCUT2D eigenvalue weighted by Gasteiger charge is -2.24. The molecular weight excluding hydrogens is 314 g/mol. The molecule has 1 aromatic carbocycles. The fraction of sp³-hybridized carbons (Fsp3) is 0.529. The van der Waals surface area contributed by atoms with E-state index in [1.165, 1.54) is 0 Å². The van der Waals surface area contributed by atoms with Crippen LogP contribution in [0.2, 0.25) is 0 Å². The Labute approximate surface area is 144 Å². The second-order valence-corrected chi connectivity index (χ2v) is 5.73. The number of carbonyl (C=O) groups excluding carboxylic acids is 2. The Morgan fingerprint density at radius 3 is 2.35 bits per heavy atom. The summed E-state index contributed by atoms with van der Waals surface area (Å²) < 4.78 is 0. The zero-order valence-corrected chi connectivity index (χ0v) is 14.4. The largest absolute Gasteiger partial charge is 0.340 e. The minimum atomic E-state index is -0.415. The lowest BCUT2D eigenvalue weighted by atomic mass is 10.1. The van der Waals surface area contributed by atoms with Gasteiger partial charge in [0.1, 0.15) is 0 Å². The smallest absolute Gasteiger partial charge is 0.253 e. The summed E-state index contributed by atoms with van der Waals surface area (Å²) in [4.78, 5) is 28.4. The van der Waals surface area contributed by atoms with E-state index in [1.54, 1.807) is 4.90 Å². The van der Waals surface area contributed by atoms with Gasteiger partial charge < -0.3 is 15.5 Å². The first-order valence-corrected chi connectivity index (χ1v) is 8.02. The predicted molar refractivity (Wildman–Crippen MR) is 93.7 cm³/mol. The van der Waals surface area contributed by atoms with Crippen LogP contribution in [0.5, 0.6) is 0 Å². The molecule has 0 radical (unpaired) electrons. The van der Waals surface area contributed by atoms with Gasteiger partial charge in [-0.15, -0.1) is 12.4 Å². The number of hydrogen-bond donors (Lipinski definition) is 1. The van der Waals surface area contributed by atoms with Gasteiger partial charge >= 0.3 is 0 Å². The van der Waals surface area contributed by atoms with E-state index >= 15 is 0 Å². The van der Waals surface area contributed by atoms with E-state index in [-0.39, 0.29) is 24.2 Å². The summed E-state index contributed by atoms with van der Waals surface area (Å²) in [5, 5.41) is 0. The van der Waals surface area contributed by atoms with Crippen molar-refractivity contribution < 1.29 is 9.59 Å². The molecular formula is C17H26ClN3O2. The van der Waals surface area contributed by atoms with Crippen molar-refractivity contribution in [2.45, 2.75) is 32.2 Å². The average molecular weight is 340 g/mol. The number of hydrogen-bond acceptors (Lipinski definition) is 3. The van der Waals surface area contributed by atoms with Gasteiger partial charge in [-0.1, -0.05) is 31.5 Å². The zero-order chi connectivity index (χ0) is 15.9. The zero-order valence-electron chi connectivity index (χ0n) is 13.6. The van der Waals surface area contributed by atoms with Gasteiger partial charge in [-0.05, 0) is 25.0 Å². The number of nitrogens with two attached hydrogens (primary N) is 1. The summed E-state index contributed by atoms with van der Waals surface area (Å²) in [6.07, 6.45) is 2.41. The van der Waals surface area contributed by atoms with Crippen LogP contribution in [0.15, 0.2) is 30.3 Å². The van der Waals surface area contributed by atoms with Crippen LogP contribution in [0.25, 0.3) is 0 Å². The molecule has 1 fully saturated rings. The summed E-state index contributed by atoms with van der Waals surface area (Å²) in [7, 11) is 0. The molecule has 1 saturated heterocycles. The molecule has 128 valence electrons. The van der Waals surface area contributed by atoms with Crippen LogP contribution >= 0.6 is 12.4 Å². The molecule has 1 aliphatic heterocycles. The van der Waals surface area contributed by atoms with Gasteiger partial charge in [0.05, 0.1) is 6.04 Å². The Morgan fingerprint density at radius 1 is 1.09 bits per heavy atom. The van der Waals surface area contributed by atoms with Crippen LogP contribution in [-0.4, -0.2) is 53.8 Å². The lowest BCUT2D eigenvalue weighted by Crippen LogP contribution is -2.45. The highest BCUT2D eigenvalue weighted by molar-refractivity contribution is 5.94. The quantitative estimate of drug-likeness (QED) is 0.911. The summed E-state index contributed by atoms with van der Waals surface area (Å²) in [5.74, 6) is 0.0450. The SMILES string of the molecule is CCCC(N)C(=O)N1CCCN(C(=O)c2ccccc2)CC1.Cl. The molecule has 1 aromatic rings. The molecule has 1 atom stereocenters. The van der Waals surface area contributed by atoms with E-state index < -0.39 is 6.04 Å². The fourth-order valence-corrected chi connectivity index (χ4v) is 2.77. The predicted octanol–water partition coefficient (Wildman–Crippen LogP) is 1.91. The van der Waals surface area contributed by atoms with Gasteiger partial charge in [0.15, 0.2) is 0 Å². The first-order chi connectivity index (χ1) is 10.6. The molecule has 23 heavy (non-hydrogen) atoms. The molecule has 6 heteroatoms. The fourth-order valence-electron chi connectivity index (χ4n) is 2.77. The third kappa shape index (κ3) is 5.22. The Kier molecular flexibility index (Phi) is 8.06. The first-order valence-electron chi connectivity index (χ1n) is 8.02. The Balaban J connectivity index is 0.00000264. The number of carbonyl (C=O) groups is 2. The number of amides is 2. The molecule has 0 spiro atoms. The summed E-state index contributed by atoms with van der Waals surface area (Å²) >= 11 is 0. The van der Waals surface area contributed by atoms with Gasteiger partial charge in [0, 0.05) is 31.7 Å². The van der Waals surface area contributed by atoms with E-state index in [1.807, 2.05) is 42.2 Å². The van der Waals surface area contributed by atoms with Crippen molar-refractivity contribution >= 4 is 24.2 Å². The third-order valence-corrected chi connectivity index (χ3v) is 4.03. The topological polar surface area (TPSA) is 66.6 Å². The molecule has 1 heterocycles. The monoisotopic (exact) mass is 339 g/mol. The average Bonchev–Trinajstić information content (AvgIpc) is 2.80. The molecule has 0 aliphatic carbocycles. The molecule has 2 amide bonds. The molecule has 2 rings (SSSR count). The van der Waals surface area contributed by atoms with Gasteiger partial charge in [0.25, 0.3) is 5.91 Å². The van der Waals surface area contributed by atoms with E-state index in [9.17, 15) is 9.59 Å². The van der Waals surface area contributed by atoms with Crippen LogP contribution in [0, 0.1) is 0 Å². The number of halogens is 1. The molecule has 2 N–H and O–H groups in total. The Bertz CT molecular complexity index is 510. The molecule has 1 unspecified atom stereocenters. The second-order valence-electron chi connectivity index (χ2n) is 5.73. The highest BCUT2D eigenvalue weighted by Gasteiger charge is 2.25. The van der Waals surface area contributed by atoms with Crippen LogP contribution in [-0.2, 0) is 4.79 Å². The molecule has 0 aromatic heterocycles. The van der Waals surface area contributed by atoms with Gasteiger partial charge in [0.2, 0.25) is 5.91 Å².